The topological polar surface area (TPSA) is 29.5 Å². The van der Waals surface area contributed by atoms with Gasteiger partial charge < -0.3 is 9.64 Å². The van der Waals surface area contributed by atoms with Crippen LogP contribution in [0.2, 0.25) is 0 Å². The predicted octanol–water partition coefficient (Wildman–Crippen LogP) is 0.707. The molecule has 0 aromatic heterocycles. The summed E-state index contributed by atoms with van der Waals surface area (Å²) in [6.07, 6.45) is 4.93. The van der Waals surface area contributed by atoms with Gasteiger partial charge >= 0.3 is 0 Å². The Bertz CT molecular complexity index is 216. The van der Waals surface area contributed by atoms with Crippen molar-refractivity contribution in [1.82, 2.24) is 4.90 Å². The van der Waals surface area contributed by atoms with Crippen LogP contribution < -0.4 is 0 Å². The number of ether oxygens (including phenoxy) is 1. The summed E-state index contributed by atoms with van der Waals surface area (Å²) in [6, 6.07) is 0. The van der Waals surface area contributed by atoms with Gasteiger partial charge in [0.05, 0.1) is 11.8 Å². The van der Waals surface area contributed by atoms with Crippen molar-refractivity contribution in [3.8, 4) is 0 Å². The van der Waals surface area contributed by atoms with Gasteiger partial charge in [-0.2, -0.15) is 0 Å². The SMILES string of the molecule is CN(C)C(=O)C1=CC=CO[CH]1. The van der Waals surface area contributed by atoms with Crippen LogP contribution in [0.15, 0.2) is 24.0 Å². The summed E-state index contributed by atoms with van der Waals surface area (Å²) in [7, 11) is 3.41. The van der Waals surface area contributed by atoms with Crippen molar-refractivity contribution in [3.63, 3.8) is 0 Å². The minimum absolute atomic E-state index is 0.0469. The molecule has 1 aliphatic heterocycles. The van der Waals surface area contributed by atoms with Gasteiger partial charge in [-0.15, -0.1) is 0 Å². The van der Waals surface area contributed by atoms with Crippen molar-refractivity contribution in [3.05, 3.63) is 30.6 Å². The molecular formula is C8H10NO2. The molecule has 0 bridgehead atoms. The van der Waals surface area contributed by atoms with Crippen LogP contribution in [0.5, 0.6) is 0 Å². The summed E-state index contributed by atoms with van der Waals surface area (Å²) in [5.41, 5.74) is 0.567. The fraction of sp³-hybridized carbons (Fsp3) is 0.250. The fourth-order valence-corrected chi connectivity index (χ4v) is 0.720. The van der Waals surface area contributed by atoms with E-state index in [1.165, 1.54) is 17.8 Å². The van der Waals surface area contributed by atoms with Crippen molar-refractivity contribution < 1.29 is 9.53 Å². The number of hydrogen-bond donors (Lipinski definition) is 0. The molecule has 1 rings (SSSR count). The molecule has 0 atom stereocenters. The van der Waals surface area contributed by atoms with Gasteiger partial charge in [0.2, 0.25) is 0 Å². The minimum atomic E-state index is -0.0469. The molecule has 11 heavy (non-hydrogen) atoms. The zero-order valence-corrected chi connectivity index (χ0v) is 6.57. The first-order valence-electron chi connectivity index (χ1n) is 3.29. The van der Waals surface area contributed by atoms with Crippen molar-refractivity contribution >= 4 is 5.91 Å². The number of likely N-dealkylation sites (N-methyl/N-ethyl adjacent to an activating group) is 1. The van der Waals surface area contributed by atoms with E-state index in [1.807, 2.05) is 0 Å². The molecule has 3 heteroatoms. The molecule has 0 aliphatic carbocycles. The lowest BCUT2D eigenvalue weighted by atomic mass is 10.2. The smallest absolute Gasteiger partial charge is 0.253 e. The maximum absolute atomic E-state index is 11.2. The predicted molar refractivity (Wildman–Crippen MR) is 41.3 cm³/mol. The van der Waals surface area contributed by atoms with Gasteiger partial charge in [0.1, 0.15) is 0 Å². The Balaban J connectivity index is 2.66. The standard InChI is InChI=1S/C8H10NO2/c1-9(2)8(10)7-4-3-5-11-6-7/h3-6H,1-2H3. The third-order valence-corrected chi connectivity index (χ3v) is 1.28. The molecule has 0 aromatic carbocycles. The van der Waals surface area contributed by atoms with E-state index in [4.69, 9.17) is 4.74 Å². The summed E-state index contributed by atoms with van der Waals surface area (Å²) >= 11 is 0. The number of carbonyl (C=O) groups is 1. The van der Waals surface area contributed by atoms with Crippen molar-refractivity contribution in [1.29, 1.82) is 0 Å². The fourth-order valence-electron chi connectivity index (χ4n) is 0.720. The third kappa shape index (κ3) is 1.83. The van der Waals surface area contributed by atoms with Crippen LogP contribution in [-0.4, -0.2) is 24.9 Å². The molecule has 1 aliphatic rings. The number of carbonyl (C=O) groups excluding carboxylic acids is 1. The number of rotatable bonds is 1. The van der Waals surface area contributed by atoms with Crippen LogP contribution >= 0.6 is 0 Å². The van der Waals surface area contributed by atoms with E-state index in [0.717, 1.165) is 0 Å². The third-order valence-electron chi connectivity index (χ3n) is 1.28. The highest BCUT2D eigenvalue weighted by molar-refractivity contribution is 5.95. The van der Waals surface area contributed by atoms with E-state index in [-0.39, 0.29) is 5.91 Å². The van der Waals surface area contributed by atoms with Gasteiger partial charge in [-0.1, -0.05) is 0 Å². The molecule has 0 saturated heterocycles. The molecule has 0 fully saturated rings. The minimum Gasteiger partial charge on any atom is -0.489 e. The highest BCUT2D eigenvalue weighted by atomic mass is 16.5. The highest BCUT2D eigenvalue weighted by Crippen LogP contribution is 2.09. The van der Waals surface area contributed by atoms with Crippen LogP contribution in [-0.2, 0) is 9.53 Å². The Morgan fingerprint density at radius 3 is 2.73 bits per heavy atom. The Hall–Kier alpha value is -1.25. The van der Waals surface area contributed by atoms with E-state index in [1.54, 1.807) is 26.2 Å². The molecule has 1 radical (unpaired) electrons. The first-order chi connectivity index (χ1) is 5.22. The molecular weight excluding hydrogens is 142 g/mol. The Labute approximate surface area is 65.9 Å². The number of amides is 1. The normalized spacial score (nSPS) is 15.3. The van der Waals surface area contributed by atoms with Crippen molar-refractivity contribution in [2.75, 3.05) is 14.1 Å². The van der Waals surface area contributed by atoms with E-state index >= 15 is 0 Å². The maximum atomic E-state index is 11.2. The molecule has 0 saturated carbocycles. The van der Waals surface area contributed by atoms with Crippen molar-refractivity contribution in [2.24, 2.45) is 0 Å². The molecule has 1 amide bonds. The van der Waals surface area contributed by atoms with Gasteiger partial charge in [-0.05, 0) is 12.2 Å². The van der Waals surface area contributed by atoms with Crippen LogP contribution in [0.25, 0.3) is 0 Å². The zero-order valence-electron chi connectivity index (χ0n) is 6.57. The summed E-state index contributed by atoms with van der Waals surface area (Å²) in [5, 5.41) is 0. The quantitative estimate of drug-likeness (QED) is 0.553. The van der Waals surface area contributed by atoms with E-state index in [2.05, 4.69) is 0 Å². The average Bonchev–Trinajstić information content (AvgIpc) is 2.05. The van der Waals surface area contributed by atoms with Gasteiger partial charge in [0.25, 0.3) is 5.91 Å². The second-order valence-electron chi connectivity index (χ2n) is 2.40. The van der Waals surface area contributed by atoms with Gasteiger partial charge in [-0.3, -0.25) is 4.79 Å². The lowest BCUT2D eigenvalue weighted by Gasteiger charge is -2.13. The zero-order chi connectivity index (χ0) is 8.27. The molecule has 0 N–H and O–H groups in total. The van der Waals surface area contributed by atoms with Gasteiger partial charge in [0, 0.05) is 14.1 Å². The number of hydrogen-bond acceptors (Lipinski definition) is 2. The summed E-state index contributed by atoms with van der Waals surface area (Å²) in [4.78, 5) is 12.7. The summed E-state index contributed by atoms with van der Waals surface area (Å²) < 4.78 is 4.83. The Morgan fingerprint density at radius 2 is 2.27 bits per heavy atom. The van der Waals surface area contributed by atoms with Gasteiger partial charge in [-0.25, -0.2) is 0 Å². The van der Waals surface area contributed by atoms with Gasteiger partial charge in [0.15, 0.2) is 6.61 Å². The number of nitrogens with zero attached hydrogens (tertiary/aromatic N) is 1. The lowest BCUT2D eigenvalue weighted by molar-refractivity contribution is -0.124. The molecule has 1 heterocycles. The van der Waals surface area contributed by atoms with E-state index in [0.29, 0.717) is 5.57 Å². The Morgan fingerprint density at radius 1 is 1.55 bits per heavy atom. The molecule has 3 nitrogen and oxygen atoms in total. The first-order valence-corrected chi connectivity index (χ1v) is 3.29. The van der Waals surface area contributed by atoms with Crippen LogP contribution in [0.4, 0.5) is 0 Å². The molecule has 59 valence electrons. The molecule has 0 spiro atoms. The summed E-state index contributed by atoms with van der Waals surface area (Å²) in [6.45, 7) is 1.43. The second-order valence-corrected chi connectivity index (χ2v) is 2.40. The second kappa shape index (κ2) is 3.23. The van der Waals surface area contributed by atoms with Crippen LogP contribution in [0, 0.1) is 6.61 Å². The summed E-state index contributed by atoms with van der Waals surface area (Å²) in [5.74, 6) is -0.0469. The van der Waals surface area contributed by atoms with Crippen LogP contribution in [0.1, 0.15) is 0 Å². The van der Waals surface area contributed by atoms with Crippen molar-refractivity contribution in [2.45, 2.75) is 0 Å². The average molecular weight is 152 g/mol. The Kier molecular flexibility index (Phi) is 2.31. The monoisotopic (exact) mass is 152 g/mol. The lowest BCUT2D eigenvalue weighted by Crippen LogP contribution is -2.24. The van der Waals surface area contributed by atoms with E-state index < -0.39 is 0 Å². The first kappa shape index (κ1) is 7.85. The van der Waals surface area contributed by atoms with Crippen LogP contribution in [0.3, 0.4) is 0 Å². The molecule has 0 unspecified atom stereocenters. The van der Waals surface area contributed by atoms with E-state index in [9.17, 15) is 4.79 Å². The largest absolute Gasteiger partial charge is 0.489 e. The highest BCUT2D eigenvalue weighted by Gasteiger charge is 2.12. The molecule has 0 aromatic rings. The maximum Gasteiger partial charge on any atom is 0.253 e. The number of allylic oxidation sites excluding steroid dienone is 2.